The maximum atomic E-state index is 12.5. The molecule has 0 aliphatic carbocycles. The molecule has 1 aliphatic rings. The smallest absolute Gasteiger partial charge is 0.308 e. The molecule has 114 valence electrons. The van der Waals surface area contributed by atoms with E-state index in [1.165, 1.54) is 27.9 Å². The molecule has 0 amide bonds. The van der Waals surface area contributed by atoms with Crippen LogP contribution in [0.3, 0.4) is 0 Å². The van der Waals surface area contributed by atoms with Gasteiger partial charge in [-0.3, -0.25) is 0 Å². The molecule has 0 fully saturated rings. The largest absolute Gasteiger partial charge is 0.366 e. The van der Waals surface area contributed by atoms with Crippen LogP contribution in [0.25, 0.3) is 0 Å². The number of aromatic nitrogens is 2. The molecular formula is C13H17N3O3S2. The van der Waals surface area contributed by atoms with Crippen molar-refractivity contribution in [3.63, 3.8) is 0 Å². The number of imidazole rings is 1. The molecule has 21 heavy (non-hydrogen) atoms. The summed E-state index contributed by atoms with van der Waals surface area (Å²) in [6.07, 6.45) is 2.09. The Morgan fingerprint density at radius 3 is 2.95 bits per heavy atom. The van der Waals surface area contributed by atoms with Gasteiger partial charge in [-0.05, 0) is 30.4 Å². The quantitative estimate of drug-likeness (QED) is 0.858. The van der Waals surface area contributed by atoms with Crippen LogP contribution in [-0.2, 0) is 21.4 Å². The number of hydrogen-bond donors (Lipinski definition) is 0. The Morgan fingerprint density at radius 1 is 1.48 bits per heavy atom. The third kappa shape index (κ3) is 2.32. The van der Waals surface area contributed by atoms with Crippen LogP contribution in [0.2, 0.25) is 0 Å². The zero-order valence-corrected chi connectivity index (χ0v) is 13.7. The zero-order valence-electron chi connectivity index (χ0n) is 12.1. The summed E-state index contributed by atoms with van der Waals surface area (Å²) in [6, 6.07) is 2.07. The van der Waals surface area contributed by atoms with Gasteiger partial charge in [-0.1, -0.05) is 0 Å². The summed E-state index contributed by atoms with van der Waals surface area (Å²) in [6.45, 7) is 2.27. The highest BCUT2D eigenvalue weighted by molar-refractivity contribution is 7.87. The lowest BCUT2D eigenvalue weighted by atomic mass is 10.1. The third-order valence-electron chi connectivity index (χ3n) is 3.55. The van der Waals surface area contributed by atoms with Crippen molar-refractivity contribution >= 4 is 21.5 Å². The lowest BCUT2D eigenvalue weighted by Gasteiger charge is -2.25. The zero-order chi connectivity index (χ0) is 15.2. The van der Waals surface area contributed by atoms with E-state index in [4.69, 9.17) is 4.74 Å². The van der Waals surface area contributed by atoms with Crippen molar-refractivity contribution in [2.45, 2.75) is 19.4 Å². The Balaban J connectivity index is 2.15. The lowest BCUT2D eigenvalue weighted by Crippen LogP contribution is -2.32. The first-order valence-corrected chi connectivity index (χ1v) is 8.85. The van der Waals surface area contributed by atoms with Gasteiger partial charge < -0.3 is 4.74 Å². The second-order valence-corrected chi connectivity index (χ2v) is 8.03. The fraction of sp³-hybridized carbons (Fsp3) is 0.462. The molecule has 8 heteroatoms. The van der Waals surface area contributed by atoms with Gasteiger partial charge in [-0.2, -0.15) is 12.7 Å². The first-order valence-electron chi connectivity index (χ1n) is 6.58. The summed E-state index contributed by atoms with van der Waals surface area (Å²) in [5.41, 5.74) is 1.79. The van der Waals surface area contributed by atoms with Crippen LogP contribution < -0.4 is 0 Å². The van der Waals surface area contributed by atoms with Crippen molar-refractivity contribution in [1.82, 2.24) is 13.3 Å². The maximum absolute atomic E-state index is 12.5. The SMILES string of the molecule is Cc1ncc([C@@H]2OCCc3ccsc32)n1S(=O)(=O)N(C)C. The van der Waals surface area contributed by atoms with E-state index in [0.29, 0.717) is 18.1 Å². The van der Waals surface area contributed by atoms with E-state index >= 15 is 0 Å². The summed E-state index contributed by atoms with van der Waals surface area (Å²) in [5.74, 6) is 0.436. The van der Waals surface area contributed by atoms with E-state index in [1.54, 1.807) is 24.5 Å². The van der Waals surface area contributed by atoms with Gasteiger partial charge in [0.2, 0.25) is 0 Å². The summed E-state index contributed by atoms with van der Waals surface area (Å²) in [7, 11) is -0.596. The van der Waals surface area contributed by atoms with Crippen molar-refractivity contribution in [2.75, 3.05) is 20.7 Å². The molecular weight excluding hydrogens is 310 g/mol. The summed E-state index contributed by atoms with van der Waals surface area (Å²) < 4.78 is 33.3. The fourth-order valence-corrected chi connectivity index (χ4v) is 4.58. The second kappa shape index (κ2) is 5.20. The minimum atomic E-state index is -3.62. The standard InChI is InChI=1S/C13H17N3O3S2/c1-9-14-8-11(16(9)21(17,18)15(2)3)12-13-10(4-6-19-12)5-7-20-13/h5,7-8,12H,4,6H2,1-3H3/t12-/m0/s1. The number of ether oxygens (including phenoxy) is 1. The molecule has 3 heterocycles. The first kappa shape index (κ1) is 14.7. The maximum Gasteiger partial charge on any atom is 0.308 e. The Morgan fingerprint density at radius 2 is 2.24 bits per heavy atom. The van der Waals surface area contributed by atoms with Gasteiger partial charge in [0.15, 0.2) is 0 Å². The Labute approximate surface area is 128 Å². The van der Waals surface area contributed by atoms with Gasteiger partial charge in [0.05, 0.1) is 18.5 Å². The van der Waals surface area contributed by atoms with Crippen molar-refractivity contribution in [2.24, 2.45) is 0 Å². The second-order valence-electron chi connectivity index (χ2n) is 5.10. The van der Waals surface area contributed by atoms with Gasteiger partial charge in [0, 0.05) is 19.0 Å². The molecule has 2 aromatic heterocycles. The van der Waals surface area contributed by atoms with Gasteiger partial charge in [-0.25, -0.2) is 8.96 Å². The first-order chi connectivity index (χ1) is 9.93. The predicted octanol–water partition coefficient (Wildman–Crippen LogP) is 1.57. The van der Waals surface area contributed by atoms with Gasteiger partial charge in [0.1, 0.15) is 11.9 Å². The number of aryl methyl sites for hydroxylation is 1. The van der Waals surface area contributed by atoms with Crippen LogP contribution in [0.5, 0.6) is 0 Å². The van der Waals surface area contributed by atoms with E-state index in [1.807, 2.05) is 5.38 Å². The van der Waals surface area contributed by atoms with Crippen molar-refractivity contribution in [3.8, 4) is 0 Å². The number of nitrogens with zero attached hydrogens (tertiary/aromatic N) is 3. The number of fused-ring (bicyclic) bond motifs is 1. The van der Waals surface area contributed by atoms with E-state index in [-0.39, 0.29) is 6.10 Å². The average Bonchev–Trinajstić information content (AvgIpc) is 3.04. The lowest BCUT2D eigenvalue weighted by molar-refractivity contribution is 0.0694. The van der Waals surface area contributed by atoms with Crippen LogP contribution in [0, 0.1) is 6.92 Å². The molecule has 0 spiro atoms. The van der Waals surface area contributed by atoms with E-state index in [9.17, 15) is 8.42 Å². The number of rotatable bonds is 3. The number of hydrogen-bond acceptors (Lipinski definition) is 5. The molecule has 1 atom stereocenters. The summed E-state index contributed by atoms with van der Waals surface area (Å²) in [4.78, 5) is 5.25. The van der Waals surface area contributed by atoms with Crippen LogP contribution in [0.1, 0.15) is 28.1 Å². The van der Waals surface area contributed by atoms with Gasteiger partial charge in [0.25, 0.3) is 0 Å². The Bertz CT molecular complexity index is 761. The van der Waals surface area contributed by atoms with Gasteiger partial charge >= 0.3 is 10.2 Å². The van der Waals surface area contributed by atoms with Crippen molar-refractivity contribution in [1.29, 1.82) is 0 Å². The number of thiophene rings is 1. The monoisotopic (exact) mass is 327 g/mol. The molecule has 3 rings (SSSR count). The van der Waals surface area contributed by atoms with Crippen LogP contribution in [-0.4, -0.2) is 42.4 Å². The third-order valence-corrected chi connectivity index (χ3v) is 6.41. The molecule has 0 radical (unpaired) electrons. The molecule has 0 unspecified atom stereocenters. The van der Waals surface area contributed by atoms with E-state index < -0.39 is 10.2 Å². The minimum Gasteiger partial charge on any atom is -0.366 e. The van der Waals surface area contributed by atoms with Crippen LogP contribution in [0.4, 0.5) is 0 Å². The van der Waals surface area contributed by atoms with Crippen molar-refractivity contribution in [3.05, 3.63) is 39.6 Å². The van der Waals surface area contributed by atoms with E-state index in [2.05, 4.69) is 11.1 Å². The molecule has 0 N–H and O–H groups in total. The highest BCUT2D eigenvalue weighted by atomic mass is 32.2. The predicted molar refractivity (Wildman–Crippen MR) is 80.8 cm³/mol. The Kier molecular flexibility index (Phi) is 3.64. The highest BCUT2D eigenvalue weighted by Gasteiger charge is 2.32. The van der Waals surface area contributed by atoms with Crippen molar-refractivity contribution < 1.29 is 13.2 Å². The molecule has 0 bridgehead atoms. The average molecular weight is 327 g/mol. The Hall–Kier alpha value is -1.22. The molecule has 0 aromatic carbocycles. The summed E-state index contributed by atoms with van der Waals surface area (Å²) in [5, 5.41) is 2.01. The van der Waals surface area contributed by atoms with E-state index in [0.717, 1.165) is 11.3 Å². The summed E-state index contributed by atoms with van der Waals surface area (Å²) >= 11 is 1.59. The van der Waals surface area contributed by atoms with Crippen LogP contribution in [0.15, 0.2) is 17.6 Å². The highest BCUT2D eigenvalue weighted by Crippen LogP contribution is 2.37. The molecule has 2 aromatic rings. The molecule has 6 nitrogen and oxygen atoms in total. The molecule has 1 aliphatic heterocycles. The molecule has 0 saturated heterocycles. The van der Waals surface area contributed by atoms with Gasteiger partial charge in [-0.15, -0.1) is 11.3 Å². The minimum absolute atomic E-state index is 0.371. The van der Waals surface area contributed by atoms with Crippen LogP contribution >= 0.6 is 11.3 Å². The molecule has 0 saturated carbocycles. The fourth-order valence-electron chi connectivity index (χ4n) is 2.46. The topological polar surface area (TPSA) is 64.4 Å². The normalized spacial score (nSPS) is 19.0.